The van der Waals surface area contributed by atoms with Gasteiger partial charge in [-0.05, 0) is 65.8 Å². The highest BCUT2D eigenvalue weighted by atomic mass is 19.4. The summed E-state index contributed by atoms with van der Waals surface area (Å²) in [5.74, 6) is 0.336. The largest absolute Gasteiger partial charge is 0.492 e. The molecule has 0 N–H and O–H groups in total. The molecule has 1 unspecified atom stereocenters. The van der Waals surface area contributed by atoms with E-state index in [2.05, 4.69) is 0 Å². The topological polar surface area (TPSA) is 44.8 Å². The van der Waals surface area contributed by atoms with E-state index in [0.29, 0.717) is 42.1 Å². The molecule has 1 heterocycles. The smallest absolute Gasteiger partial charge is 0.416 e. The zero-order valence-electron chi connectivity index (χ0n) is 19.5. The van der Waals surface area contributed by atoms with Gasteiger partial charge in [0.25, 0.3) is 0 Å². The fourth-order valence-corrected chi connectivity index (χ4v) is 5.08. The van der Waals surface area contributed by atoms with Crippen molar-refractivity contribution in [2.45, 2.75) is 43.9 Å². The lowest BCUT2D eigenvalue weighted by Crippen LogP contribution is -2.13. The first-order valence-corrected chi connectivity index (χ1v) is 11.7. The van der Waals surface area contributed by atoms with Gasteiger partial charge in [-0.25, -0.2) is 4.39 Å². The van der Waals surface area contributed by atoms with Crippen LogP contribution in [0.15, 0.2) is 54.6 Å². The monoisotopic (exact) mass is 500 g/mol. The second-order valence-corrected chi connectivity index (χ2v) is 9.09. The molecule has 2 aliphatic rings. The summed E-state index contributed by atoms with van der Waals surface area (Å²) in [5.41, 5.74) is 2.40. The Morgan fingerprint density at radius 3 is 2.53 bits per heavy atom. The fraction of sp³-hybridized carbons (Fsp3) is 0.321. The van der Waals surface area contributed by atoms with Crippen LogP contribution in [0.25, 0.3) is 0 Å². The number of ether oxygens (including phenoxy) is 3. The lowest BCUT2D eigenvalue weighted by Gasteiger charge is -2.20. The summed E-state index contributed by atoms with van der Waals surface area (Å²) >= 11 is 0. The Balaban J connectivity index is 1.41. The van der Waals surface area contributed by atoms with Crippen LogP contribution >= 0.6 is 0 Å². The number of alkyl halides is 3. The third-order valence-corrected chi connectivity index (χ3v) is 6.85. The Bertz CT molecular complexity index is 1280. The van der Waals surface area contributed by atoms with Crippen LogP contribution in [0.1, 0.15) is 58.2 Å². The third kappa shape index (κ3) is 4.76. The molecular formula is C28H24F4O4. The Hall–Kier alpha value is -3.55. The number of methoxy groups -OCH3 is 1. The number of hydrogen-bond acceptors (Lipinski definition) is 4. The summed E-state index contributed by atoms with van der Waals surface area (Å²) < 4.78 is 71.6. The van der Waals surface area contributed by atoms with Crippen LogP contribution in [0.5, 0.6) is 11.5 Å². The minimum atomic E-state index is -4.50. The normalized spacial score (nSPS) is 18.4. The van der Waals surface area contributed by atoms with Gasteiger partial charge in [0, 0.05) is 17.5 Å². The van der Waals surface area contributed by atoms with E-state index < -0.39 is 23.7 Å². The van der Waals surface area contributed by atoms with Gasteiger partial charge in [-0.1, -0.05) is 24.3 Å². The number of carbonyl (C=O) groups is 1. The molecule has 0 saturated carbocycles. The molecule has 0 saturated heterocycles. The van der Waals surface area contributed by atoms with Gasteiger partial charge in [0.2, 0.25) is 0 Å². The van der Waals surface area contributed by atoms with Crippen LogP contribution in [0.2, 0.25) is 0 Å². The average molecular weight is 500 g/mol. The first-order valence-electron chi connectivity index (χ1n) is 11.7. The highest BCUT2D eigenvalue weighted by Crippen LogP contribution is 2.44. The fourth-order valence-electron chi connectivity index (χ4n) is 5.08. The second kappa shape index (κ2) is 9.48. The highest BCUT2D eigenvalue weighted by Gasteiger charge is 2.37. The Morgan fingerprint density at radius 2 is 1.81 bits per heavy atom. The van der Waals surface area contributed by atoms with Crippen LogP contribution in [-0.2, 0) is 28.5 Å². The van der Waals surface area contributed by atoms with Crippen molar-refractivity contribution in [3.05, 3.63) is 93.8 Å². The number of hydrogen-bond donors (Lipinski definition) is 0. The van der Waals surface area contributed by atoms with Crippen LogP contribution in [0.3, 0.4) is 0 Å². The number of fused-ring (bicyclic) bond motifs is 2. The van der Waals surface area contributed by atoms with Crippen LogP contribution in [-0.4, -0.2) is 19.7 Å². The quantitative estimate of drug-likeness (QED) is 0.285. The van der Waals surface area contributed by atoms with Gasteiger partial charge in [0.05, 0.1) is 25.7 Å². The first-order chi connectivity index (χ1) is 17.2. The molecule has 4 nitrogen and oxygen atoms in total. The van der Waals surface area contributed by atoms with Gasteiger partial charge in [0.1, 0.15) is 23.4 Å². The maximum Gasteiger partial charge on any atom is 0.416 e. The number of benzene rings is 3. The Labute approximate surface area is 205 Å². The summed E-state index contributed by atoms with van der Waals surface area (Å²) in [6, 6.07) is 13.5. The zero-order valence-corrected chi connectivity index (χ0v) is 19.5. The maximum atomic E-state index is 13.9. The molecule has 5 rings (SSSR count). The van der Waals surface area contributed by atoms with Crippen LogP contribution in [0, 0.1) is 5.82 Å². The standard InChI is InChI=1S/C28H24F4O4/c1-34-27(33)13-17-15-35-26-14-19(6-7-20(17)26)36-25-11-9-21-22(25)8-10-24(28(30,31)32)23(21)12-16-2-4-18(29)5-3-16/h2-8,10,14,17,25H,9,11-13,15H2,1H3/t17?,25-/m1/s1. The molecule has 0 radical (unpaired) electrons. The van der Waals surface area contributed by atoms with Gasteiger partial charge in [-0.2, -0.15) is 13.2 Å². The summed E-state index contributed by atoms with van der Waals surface area (Å²) in [7, 11) is 1.35. The first kappa shape index (κ1) is 24.2. The molecule has 0 spiro atoms. The predicted molar refractivity (Wildman–Crippen MR) is 124 cm³/mol. The molecule has 1 aliphatic heterocycles. The average Bonchev–Trinajstić information content (AvgIpc) is 3.44. The molecule has 2 atom stereocenters. The molecule has 3 aromatic rings. The predicted octanol–water partition coefficient (Wildman–Crippen LogP) is 6.54. The summed E-state index contributed by atoms with van der Waals surface area (Å²) in [4.78, 5) is 11.6. The molecule has 0 fully saturated rings. The van der Waals surface area contributed by atoms with E-state index in [-0.39, 0.29) is 30.3 Å². The molecule has 8 heteroatoms. The van der Waals surface area contributed by atoms with E-state index in [9.17, 15) is 22.4 Å². The van der Waals surface area contributed by atoms with Crippen molar-refractivity contribution < 1.29 is 36.6 Å². The van der Waals surface area contributed by atoms with E-state index in [4.69, 9.17) is 14.2 Å². The van der Waals surface area contributed by atoms with Crippen molar-refractivity contribution in [3.63, 3.8) is 0 Å². The third-order valence-electron chi connectivity index (χ3n) is 6.85. The molecule has 3 aromatic carbocycles. The zero-order chi connectivity index (χ0) is 25.4. The molecular weight excluding hydrogens is 476 g/mol. The van der Waals surface area contributed by atoms with Gasteiger partial charge in [-0.3, -0.25) is 4.79 Å². The number of carbonyl (C=O) groups excluding carboxylic acids is 1. The van der Waals surface area contributed by atoms with Crippen molar-refractivity contribution in [3.8, 4) is 11.5 Å². The van der Waals surface area contributed by atoms with Gasteiger partial charge < -0.3 is 14.2 Å². The molecule has 1 aliphatic carbocycles. The number of rotatable bonds is 6. The summed E-state index contributed by atoms with van der Waals surface area (Å²) in [6.07, 6.45) is -3.64. The van der Waals surface area contributed by atoms with Crippen molar-refractivity contribution >= 4 is 5.97 Å². The minimum absolute atomic E-state index is 0.0548. The Morgan fingerprint density at radius 1 is 1.06 bits per heavy atom. The number of halogens is 4. The molecule has 0 bridgehead atoms. The van der Waals surface area contributed by atoms with Crippen LogP contribution in [0.4, 0.5) is 17.6 Å². The lowest BCUT2D eigenvalue weighted by molar-refractivity contribution is -0.141. The van der Waals surface area contributed by atoms with Gasteiger partial charge in [-0.15, -0.1) is 0 Å². The molecule has 36 heavy (non-hydrogen) atoms. The van der Waals surface area contributed by atoms with Gasteiger partial charge in [0.15, 0.2) is 0 Å². The second-order valence-electron chi connectivity index (χ2n) is 9.09. The van der Waals surface area contributed by atoms with Crippen molar-refractivity contribution in [2.75, 3.05) is 13.7 Å². The van der Waals surface area contributed by atoms with E-state index in [1.807, 2.05) is 6.07 Å². The van der Waals surface area contributed by atoms with Crippen LogP contribution < -0.4 is 9.47 Å². The van der Waals surface area contributed by atoms with E-state index >= 15 is 0 Å². The SMILES string of the molecule is COC(=O)CC1COc2cc(O[C@@H]3CCc4c3ccc(C(F)(F)F)c4Cc3ccc(F)cc3)ccc21. The lowest BCUT2D eigenvalue weighted by atomic mass is 9.92. The summed E-state index contributed by atoms with van der Waals surface area (Å²) in [6.45, 7) is 0.368. The van der Waals surface area contributed by atoms with Crippen molar-refractivity contribution in [2.24, 2.45) is 0 Å². The number of esters is 1. The molecule has 0 amide bonds. The van der Waals surface area contributed by atoms with E-state index in [1.54, 1.807) is 12.1 Å². The molecule has 0 aromatic heterocycles. The minimum Gasteiger partial charge on any atom is -0.492 e. The van der Waals surface area contributed by atoms with Crippen molar-refractivity contribution in [1.82, 2.24) is 0 Å². The summed E-state index contributed by atoms with van der Waals surface area (Å²) in [5, 5.41) is 0. The molecule has 188 valence electrons. The Kier molecular flexibility index (Phi) is 6.36. The van der Waals surface area contributed by atoms with E-state index in [1.165, 1.54) is 37.4 Å². The highest BCUT2D eigenvalue weighted by molar-refractivity contribution is 5.71. The maximum absolute atomic E-state index is 13.9. The van der Waals surface area contributed by atoms with Gasteiger partial charge >= 0.3 is 12.1 Å². The van der Waals surface area contributed by atoms with Crippen molar-refractivity contribution in [1.29, 1.82) is 0 Å². The van der Waals surface area contributed by atoms with E-state index in [0.717, 1.165) is 17.2 Å².